The maximum absolute atomic E-state index is 12.3. The molecule has 1 N–H and O–H groups in total. The zero-order chi connectivity index (χ0) is 25.3. The van der Waals surface area contributed by atoms with Gasteiger partial charge < -0.3 is 9.47 Å². The Hall–Kier alpha value is -3.65. The van der Waals surface area contributed by atoms with Gasteiger partial charge in [0.05, 0.1) is 24.0 Å². The van der Waals surface area contributed by atoms with E-state index >= 15 is 0 Å². The molecule has 2 unspecified atom stereocenters. The first-order valence-corrected chi connectivity index (χ1v) is 12.8. The van der Waals surface area contributed by atoms with E-state index in [2.05, 4.69) is 17.2 Å². The highest BCUT2D eigenvalue weighted by Crippen LogP contribution is 2.25. The van der Waals surface area contributed by atoms with Crippen LogP contribution in [0, 0.1) is 0 Å². The van der Waals surface area contributed by atoms with Crippen molar-refractivity contribution in [2.75, 3.05) is 13.2 Å². The number of imide groups is 1. The molecule has 2 atom stereocenters. The first-order chi connectivity index (χ1) is 17.5. The molecular weight excluding hydrogens is 476 g/mol. The van der Waals surface area contributed by atoms with Crippen LogP contribution in [0.3, 0.4) is 0 Å². The third-order valence-electron chi connectivity index (χ3n) is 5.95. The number of benzene rings is 2. The first kappa shape index (κ1) is 25.4. The second-order valence-corrected chi connectivity index (χ2v) is 9.64. The first-order valence-electron chi connectivity index (χ1n) is 11.9. The van der Waals surface area contributed by atoms with E-state index in [0.29, 0.717) is 30.8 Å². The normalized spacial score (nSPS) is 15.9. The van der Waals surface area contributed by atoms with Crippen LogP contribution in [0.4, 0.5) is 4.79 Å². The van der Waals surface area contributed by atoms with Gasteiger partial charge in [-0.05, 0) is 60.7 Å². The van der Waals surface area contributed by atoms with E-state index in [9.17, 15) is 14.4 Å². The molecule has 4 rings (SSSR count). The molecule has 0 saturated carbocycles. The van der Waals surface area contributed by atoms with Crippen LogP contribution in [0.5, 0.6) is 5.75 Å². The predicted octanol–water partition coefficient (Wildman–Crippen LogP) is 4.95. The van der Waals surface area contributed by atoms with Crippen LogP contribution in [-0.2, 0) is 22.4 Å². The second kappa shape index (κ2) is 12.4. The van der Waals surface area contributed by atoms with Gasteiger partial charge in [0.25, 0.3) is 5.24 Å². The quantitative estimate of drug-likeness (QED) is 0.369. The monoisotopic (exact) mass is 504 g/mol. The summed E-state index contributed by atoms with van der Waals surface area (Å²) in [5, 5.41) is 1.61. The van der Waals surface area contributed by atoms with Gasteiger partial charge in [-0.15, -0.1) is 0 Å². The number of aromatic nitrogens is 1. The standard InChI is InChI=1S/C28H28N2O5S/c1-2-23-11-10-21(17-29-23)22(14-15-34-27(32)20-6-4-3-5-7-20)18-35-24-12-8-19(9-13-24)16-25-26(31)30-28(33)36-25/h3-13,17,22,25H,2,14-16,18H2,1H3,(H,30,31,33). The molecule has 1 aliphatic rings. The lowest BCUT2D eigenvalue weighted by Crippen LogP contribution is -2.25. The fraction of sp³-hybridized carbons (Fsp3) is 0.286. The number of hydrogen-bond donors (Lipinski definition) is 1. The van der Waals surface area contributed by atoms with Crippen molar-refractivity contribution in [3.63, 3.8) is 0 Å². The summed E-state index contributed by atoms with van der Waals surface area (Å²) < 4.78 is 11.6. The zero-order valence-corrected chi connectivity index (χ0v) is 20.8. The minimum atomic E-state index is -0.397. The number of pyridine rings is 1. The van der Waals surface area contributed by atoms with Gasteiger partial charge in [0, 0.05) is 17.8 Å². The fourth-order valence-corrected chi connectivity index (χ4v) is 4.70. The molecule has 2 heterocycles. The van der Waals surface area contributed by atoms with Gasteiger partial charge in [-0.3, -0.25) is 19.9 Å². The van der Waals surface area contributed by atoms with E-state index in [4.69, 9.17) is 9.47 Å². The van der Waals surface area contributed by atoms with E-state index in [1.807, 2.05) is 48.7 Å². The Morgan fingerprint density at radius 2 is 1.83 bits per heavy atom. The van der Waals surface area contributed by atoms with Crippen LogP contribution in [0.15, 0.2) is 72.9 Å². The van der Waals surface area contributed by atoms with Gasteiger partial charge in [0.1, 0.15) is 5.75 Å². The smallest absolute Gasteiger partial charge is 0.338 e. The number of carbonyl (C=O) groups excluding carboxylic acids is 3. The number of esters is 1. The second-order valence-electron chi connectivity index (χ2n) is 8.47. The zero-order valence-electron chi connectivity index (χ0n) is 20.0. The number of hydrogen-bond acceptors (Lipinski definition) is 7. The number of nitrogens with zero attached hydrogens (tertiary/aromatic N) is 1. The molecule has 0 bridgehead atoms. The number of rotatable bonds is 11. The molecule has 36 heavy (non-hydrogen) atoms. The number of carbonyl (C=O) groups is 3. The highest BCUT2D eigenvalue weighted by atomic mass is 32.2. The summed E-state index contributed by atoms with van der Waals surface area (Å²) in [5.41, 5.74) is 3.51. The Labute approximate surface area is 214 Å². The molecule has 1 fully saturated rings. The molecule has 186 valence electrons. The molecule has 1 aliphatic heterocycles. The molecule has 2 aromatic carbocycles. The number of thioether (sulfide) groups is 1. The summed E-state index contributed by atoms with van der Waals surface area (Å²) in [7, 11) is 0. The van der Waals surface area contributed by atoms with Crippen LogP contribution < -0.4 is 10.1 Å². The van der Waals surface area contributed by atoms with Crippen molar-refractivity contribution >= 4 is 28.9 Å². The minimum absolute atomic E-state index is 0.0174. The van der Waals surface area contributed by atoms with Crippen molar-refractivity contribution in [2.24, 2.45) is 0 Å². The Bertz CT molecular complexity index is 1180. The fourth-order valence-electron chi connectivity index (χ4n) is 3.84. The number of aryl methyl sites for hydroxylation is 1. The van der Waals surface area contributed by atoms with E-state index < -0.39 is 5.25 Å². The summed E-state index contributed by atoms with van der Waals surface area (Å²) in [6.45, 7) is 2.71. The molecule has 8 heteroatoms. The molecule has 2 amide bonds. The SMILES string of the molecule is CCc1ccc(C(CCOC(=O)c2ccccc2)COc2ccc(CC3SC(=O)NC3=O)cc2)cn1. The van der Waals surface area contributed by atoms with E-state index in [1.54, 1.807) is 24.3 Å². The van der Waals surface area contributed by atoms with Crippen LogP contribution in [0.2, 0.25) is 0 Å². The van der Waals surface area contributed by atoms with Gasteiger partial charge in [-0.1, -0.05) is 55.1 Å². The van der Waals surface area contributed by atoms with Crippen molar-refractivity contribution in [3.8, 4) is 5.75 Å². The number of nitrogens with one attached hydrogen (secondary N) is 1. The average molecular weight is 505 g/mol. The Morgan fingerprint density at radius 1 is 1.06 bits per heavy atom. The summed E-state index contributed by atoms with van der Waals surface area (Å²) in [4.78, 5) is 40.0. The lowest BCUT2D eigenvalue weighted by atomic mass is 9.98. The van der Waals surface area contributed by atoms with Crippen molar-refractivity contribution < 1.29 is 23.9 Å². The van der Waals surface area contributed by atoms with Crippen LogP contribution in [0.1, 0.15) is 46.4 Å². The lowest BCUT2D eigenvalue weighted by molar-refractivity contribution is -0.118. The average Bonchev–Trinajstić information content (AvgIpc) is 3.23. The highest BCUT2D eigenvalue weighted by Gasteiger charge is 2.31. The lowest BCUT2D eigenvalue weighted by Gasteiger charge is -2.19. The molecule has 0 radical (unpaired) electrons. The topological polar surface area (TPSA) is 94.6 Å². The maximum atomic E-state index is 12.3. The van der Waals surface area contributed by atoms with Crippen LogP contribution in [0.25, 0.3) is 0 Å². The van der Waals surface area contributed by atoms with E-state index in [-0.39, 0.29) is 29.6 Å². The Morgan fingerprint density at radius 3 is 2.47 bits per heavy atom. The third-order valence-corrected chi connectivity index (χ3v) is 6.93. The predicted molar refractivity (Wildman–Crippen MR) is 138 cm³/mol. The van der Waals surface area contributed by atoms with Gasteiger partial charge in [0.15, 0.2) is 0 Å². The van der Waals surface area contributed by atoms with Gasteiger partial charge in [-0.2, -0.15) is 0 Å². The van der Waals surface area contributed by atoms with Gasteiger partial charge in [-0.25, -0.2) is 4.79 Å². The van der Waals surface area contributed by atoms with Gasteiger partial charge >= 0.3 is 5.97 Å². The van der Waals surface area contributed by atoms with E-state index in [1.165, 1.54) is 0 Å². The van der Waals surface area contributed by atoms with Crippen LogP contribution >= 0.6 is 11.8 Å². The van der Waals surface area contributed by atoms with Crippen molar-refractivity contribution in [2.45, 2.75) is 37.4 Å². The summed E-state index contributed by atoms with van der Waals surface area (Å²) >= 11 is 1.02. The highest BCUT2D eigenvalue weighted by molar-refractivity contribution is 8.15. The Kier molecular flexibility index (Phi) is 8.73. The number of ether oxygens (including phenoxy) is 2. The summed E-state index contributed by atoms with van der Waals surface area (Å²) in [6.07, 6.45) is 3.79. The molecule has 7 nitrogen and oxygen atoms in total. The van der Waals surface area contributed by atoms with Crippen LogP contribution in [-0.4, -0.2) is 40.6 Å². The summed E-state index contributed by atoms with van der Waals surface area (Å²) in [5.74, 6) is 0.0870. The minimum Gasteiger partial charge on any atom is -0.493 e. The third kappa shape index (κ3) is 6.95. The largest absolute Gasteiger partial charge is 0.493 e. The van der Waals surface area contributed by atoms with Gasteiger partial charge in [0.2, 0.25) is 5.91 Å². The molecule has 0 spiro atoms. The molecule has 3 aromatic rings. The molecule has 0 aliphatic carbocycles. The number of amides is 2. The Balaban J connectivity index is 1.35. The summed E-state index contributed by atoms with van der Waals surface area (Å²) in [6, 6.07) is 20.5. The van der Waals surface area contributed by atoms with Crippen molar-refractivity contribution in [1.29, 1.82) is 0 Å². The maximum Gasteiger partial charge on any atom is 0.338 e. The molecular formula is C28H28N2O5S. The van der Waals surface area contributed by atoms with Crippen molar-refractivity contribution in [1.82, 2.24) is 10.3 Å². The van der Waals surface area contributed by atoms with E-state index in [0.717, 1.165) is 35.0 Å². The molecule has 1 saturated heterocycles. The molecule has 1 aromatic heterocycles. The van der Waals surface area contributed by atoms with Crippen molar-refractivity contribution in [3.05, 3.63) is 95.3 Å².